The lowest BCUT2D eigenvalue weighted by Crippen LogP contribution is -2.39. The maximum Gasteiger partial charge on any atom is 0.273 e. The summed E-state index contributed by atoms with van der Waals surface area (Å²) in [5, 5.41) is 13.9. The number of halogens is 1. The maximum absolute atomic E-state index is 12.8. The largest absolute Gasteiger partial charge is 0.495 e. The Morgan fingerprint density at radius 1 is 1.36 bits per heavy atom. The molecule has 1 aromatic carbocycles. The quantitative estimate of drug-likeness (QED) is 0.561. The number of nitro groups is 1. The number of hydrogen-bond donors (Lipinski definition) is 1. The lowest BCUT2D eigenvalue weighted by Gasteiger charge is -2.31. The van der Waals surface area contributed by atoms with Crippen LogP contribution in [0.2, 0.25) is 0 Å². The summed E-state index contributed by atoms with van der Waals surface area (Å²) in [4.78, 5) is 10.2. The highest BCUT2D eigenvalue weighted by Crippen LogP contribution is 2.32. The van der Waals surface area contributed by atoms with Crippen molar-refractivity contribution in [3.05, 3.63) is 28.3 Å². The van der Waals surface area contributed by atoms with Crippen molar-refractivity contribution in [2.24, 2.45) is 5.92 Å². The van der Waals surface area contributed by atoms with Gasteiger partial charge in [0.2, 0.25) is 10.0 Å². The van der Waals surface area contributed by atoms with Crippen LogP contribution in [0.15, 0.2) is 23.1 Å². The molecule has 8 nitrogen and oxygen atoms in total. The zero-order valence-electron chi connectivity index (χ0n) is 14.3. The Kier molecular flexibility index (Phi) is 8.07. The molecule has 0 unspecified atom stereocenters. The Balaban J connectivity index is 0.00000312. The fourth-order valence-corrected chi connectivity index (χ4v) is 4.52. The molecule has 1 aliphatic rings. The first-order valence-corrected chi connectivity index (χ1v) is 9.31. The first kappa shape index (κ1) is 21.6. The number of methoxy groups -OCH3 is 1. The van der Waals surface area contributed by atoms with Crippen LogP contribution in [-0.2, 0) is 10.0 Å². The van der Waals surface area contributed by atoms with Crippen molar-refractivity contribution in [1.29, 1.82) is 0 Å². The molecule has 0 aromatic heterocycles. The van der Waals surface area contributed by atoms with Crippen LogP contribution >= 0.6 is 12.4 Å². The van der Waals surface area contributed by atoms with Gasteiger partial charge in [0.1, 0.15) is 10.6 Å². The molecular weight excluding hydrogens is 370 g/mol. The molecule has 2 rings (SSSR count). The summed E-state index contributed by atoms with van der Waals surface area (Å²) in [5.74, 6) is 0.518. The third-order valence-corrected chi connectivity index (χ3v) is 6.29. The number of rotatable bonds is 7. The zero-order chi connectivity index (χ0) is 17.7. The molecule has 0 amide bonds. The first-order valence-electron chi connectivity index (χ1n) is 7.87. The van der Waals surface area contributed by atoms with E-state index in [1.54, 1.807) is 0 Å². The van der Waals surface area contributed by atoms with E-state index in [9.17, 15) is 18.5 Å². The van der Waals surface area contributed by atoms with Gasteiger partial charge < -0.3 is 10.1 Å². The number of nitro benzene ring substituents is 1. The van der Waals surface area contributed by atoms with Crippen molar-refractivity contribution < 1.29 is 18.1 Å². The average Bonchev–Trinajstić information content (AvgIpc) is 2.59. The summed E-state index contributed by atoms with van der Waals surface area (Å²) in [6, 6.07) is 3.58. The Morgan fingerprint density at radius 2 is 2.00 bits per heavy atom. The molecule has 1 heterocycles. The normalized spacial score (nSPS) is 16.2. The average molecular weight is 394 g/mol. The Morgan fingerprint density at radius 3 is 2.52 bits per heavy atom. The van der Waals surface area contributed by atoms with Gasteiger partial charge in [0.15, 0.2) is 0 Å². The first-order chi connectivity index (χ1) is 11.4. The van der Waals surface area contributed by atoms with E-state index in [0.717, 1.165) is 31.9 Å². The van der Waals surface area contributed by atoms with E-state index < -0.39 is 14.9 Å². The van der Waals surface area contributed by atoms with Gasteiger partial charge in [-0.1, -0.05) is 0 Å². The molecule has 142 valence electrons. The lowest BCUT2D eigenvalue weighted by atomic mass is 9.95. The molecule has 0 saturated carbocycles. The van der Waals surface area contributed by atoms with Crippen LogP contribution in [0.1, 0.15) is 19.3 Å². The summed E-state index contributed by atoms with van der Waals surface area (Å²) >= 11 is 0. The molecule has 1 aromatic rings. The minimum Gasteiger partial charge on any atom is -0.495 e. The van der Waals surface area contributed by atoms with Crippen molar-refractivity contribution in [3.8, 4) is 5.75 Å². The van der Waals surface area contributed by atoms with Gasteiger partial charge in [0.05, 0.1) is 18.1 Å². The van der Waals surface area contributed by atoms with Gasteiger partial charge in [-0.05, 0) is 44.8 Å². The van der Waals surface area contributed by atoms with E-state index in [4.69, 9.17) is 4.74 Å². The third-order valence-electron chi connectivity index (χ3n) is 4.35. The molecule has 1 fully saturated rings. The summed E-state index contributed by atoms with van der Waals surface area (Å²) < 4.78 is 32.2. The highest BCUT2D eigenvalue weighted by atomic mass is 35.5. The van der Waals surface area contributed by atoms with Crippen LogP contribution in [0.4, 0.5) is 5.69 Å². The van der Waals surface area contributed by atoms with Crippen LogP contribution in [0.25, 0.3) is 0 Å². The van der Waals surface area contributed by atoms with Gasteiger partial charge in [-0.25, -0.2) is 8.42 Å². The van der Waals surface area contributed by atoms with Crippen molar-refractivity contribution in [2.75, 3.05) is 33.8 Å². The molecule has 0 radical (unpaired) electrons. The second-order valence-corrected chi connectivity index (χ2v) is 7.74. The fraction of sp³-hybridized carbons (Fsp3) is 0.600. The van der Waals surface area contributed by atoms with E-state index in [0.29, 0.717) is 19.0 Å². The topological polar surface area (TPSA) is 102 Å². The lowest BCUT2D eigenvalue weighted by molar-refractivity contribution is -0.385. The molecule has 1 aliphatic heterocycles. The van der Waals surface area contributed by atoms with Gasteiger partial charge >= 0.3 is 0 Å². The highest BCUT2D eigenvalue weighted by Gasteiger charge is 2.32. The zero-order valence-corrected chi connectivity index (χ0v) is 15.9. The predicted molar refractivity (Wildman–Crippen MR) is 96.9 cm³/mol. The standard InChI is InChI=1S/C15H23N3O5S.ClH/c1-16-8-5-12-6-9-17(10-7-12)24(21,22)15-4-3-13(18(19)20)11-14(15)23-2;/h3-4,11-12,16H,5-10H2,1-2H3;1H. The van der Waals surface area contributed by atoms with Gasteiger partial charge in [0.25, 0.3) is 5.69 Å². The van der Waals surface area contributed by atoms with Crippen LogP contribution in [0, 0.1) is 16.0 Å². The number of non-ortho nitro benzene ring substituents is 1. The third kappa shape index (κ3) is 5.04. The molecule has 0 atom stereocenters. The molecule has 0 aliphatic carbocycles. The number of benzene rings is 1. The number of ether oxygens (including phenoxy) is 1. The van der Waals surface area contributed by atoms with E-state index in [-0.39, 0.29) is 28.7 Å². The van der Waals surface area contributed by atoms with Crippen LogP contribution < -0.4 is 10.1 Å². The van der Waals surface area contributed by atoms with E-state index in [1.807, 2.05) is 7.05 Å². The van der Waals surface area contributed by atoms with Crippen LogP contribution in [-0.4, -0.2) is 51.4 Å². The number of hydrogen-bond acceptors (Lipinski definition) is 6. The van der Waals surface area contributed by atoms with Crippen LogP contribution in [0.3, 0.4) is 0 Å². The van der Waals surface area contributed by atoms with Crippen molar-refractivity contribution in [2.45, 2.75) is 24.2 Å². The molecule has 25 heavy (non-hydrogen) atoms. The van der Waals surface area contributed by atoms with Gasteiger partial charge in [-0.15, -0.1) is 12.4 Å². The fourth-order valence-electron chi connectivity index (χ4n) is 2.91. The van der Waals surface area contributed by atoms with E-state index in [1.165, 1.54) is 23.5 Å². The van der Waals surface area contributed by atoms with Crippen LogP contribution in [0.5, 0.6) is 5.75 Å². The summed E-state index contributed by atoms with van der Waals surface area (Å²) in [6.07, 6.45) is 2.66. The SMILES string of the molecule is CNCCC1CCN(S(=O)(=O)c2ccc([N+](=O)[O-])cc2OC)CC1.Cl. The Hall–Kier alpha value is -1.42. The number of nitrogens with zero attached hydrogens (tertiary/aromatic N) is 2. The van der Waals surface area contributed by atoms with Gasteiger partial charge in [-0.3, -0.25) is 10.1 Å². The summed E-state index contributed by atoms with van der Waals surface area (Å²) in [6.45, 7) is 1.83. The number of piperidine rings is 1. The maximum atomic E-state index is 12.8. The Bertz CT molecular complexity index is 690. The molecule has 0 bridgehead atoms. The highest BCUT2D eigenvalue weighted by molar-refractivity contribution is 7.89. The monoisotopic (exact) mass is 393 g/mol. The molecule has 0 spiro atoms. The van der Waals surface area contributed by atoms with Gasteiger partial charge in [0, 0.05) is 19.2 Å². The van der Waals surface area contributed by atoms with E-state index in [2.05, 4.69) is 5.32 Å². The smallest absolute Gasteiger partial charge is 0.273 e. The second kappa shape index (κ2) is 9.33. The Labute approximate surface area is 154 Å². The van der Waals surface area contributed by atoms with Crippen molar-refractivity contribution in [3.63, 3.8) is 0 Å². The van der Waals surface area contributed by atoms with Crippen molar-refractivity contribution in [1.82, 2.24) is 9.62 Å². The number of sulfonamides is 1. The second-order valence-electron chi connectivity index (χ2n) is 5.83. The van der Waals surface area contributed by atoms with E-state index >= 15 is 0 Å². The van der Waals surface area contributed by atoms with Crippen molar-refractivity contribution >= 4 is 28.1 Å². The minimum atomic E-state index is -3.72. The number of nitrogens with one attached hydrogen (secondary N) is 1. The molecular formula is C15H24ClN3O5S. The minimum absolute atomic E-state index is 0. The molecule has 1 N–H and O–H groups in total. The summed E-state index contributed by atoms with van der Waals surface area (Å²) in [7, 11) is -0.510. The molecule has 10 heteroatoms. The predicted octanol–water partition coefficient (Wildman–Crippen LogP) is 2.04. The molecule has 1 saturated heterocycles. The summed E-state index contributed by atoms with van der Waals surface area (Å²) in [5.41, 5.74) is -0.198. The van der Waals surface area contributed by atoms with Gasteiger partial charge in [-0.2, -0.15) is 4.31 Å².